The molecule has 0 radical (unpaired) electrons. The first-order valence-electron chi connectivity index (χ1n) is 7.02. The van der Waals surface area contributed by atoms with E-state index in [1.54, 1.807) is 0 Å². The Bertz CT molecular complexity index is 265. The summed E-state index contributed by atoms with van der Waals surface area (Å²) in [5.41, 5.74) is -0.0576. The van der Waals surface area contributed by atoms with Gasteiger partial charge in [0.2, 0.25) is 0 Å². The standard InChI is InChI=1S/C14H27NO2/c1-5-13(6-2)12(3,4)10-15-14(17-13)8-7-9-16-11-14/h15H,5-11H2,1-4H3. The molecule has 2 heterocycles. The second-order valence-corrected chi connectivity index (χ2v) is 6.19. The Morgan fingerprint density at radius 1 is 1.18 bits per heavy atom. The Morgan fingerprint density at radius 2 is 1.88 bits per heavy atom. The highest BCUT2D eigenvalue weighted by Crippen LogP contribution is 2.46. The van der Waals surface area contributed by atoms with Crippen LogP contribution in [0.1, 0.15) is 53.4 Å². The van der Waals surface area contributed by atoms with E-state index in [1.807, 2.05) is 0 Å². The highest BCUT2D eigenvalue weighted by molar-refractivity contribution is 5.02. The molecule has 2 fully saturated rings. The summed E-state index contributed by atoms with van der Waals surface area (Å²) >= 11 is 0. The van der Waals surface area contributed by atoms with Crippen LogP contribution < -0.4 is 5.32 Å². The van der Waals surface area contributed by atoms with Crippen LogP contribution in [0.3, 0.4) is 0 Å². The van der Waals surface area contributed by atoms with Crippen molar-refractivity contribution < 1.29 is 9.47 Å². The first-order chi connectivity index (χ1) is 7.99. The zero-order valence-corrected chi connectivity index (χ0v) is 11.8. The molecule has 0 aromatic rings. The van der Waals surface area contributed by atoms with Crippen LogP contribution in [0.25, 0.3) is 0 Å². The molecule has 1 atom stereocenters. The Morgan fingerprint density at radius 3 is 2.41 bits per heavy atom. The third kappa shape index (κ3) is 2.13. The highest BCUT2D eigenvalue weighted by atomic mass is 16.6. The molecule has 0 bridgehead atoms. The molecule has 3 heteroatoms. The Kier molecular flexibility index (Phi) is 3.54. The average molecular weight is 241 g/mol. The van der Waals surface area contributed by atoms with Crippen LogP contribution in [0.4, 0.5) is 0 Å². The topological polar surface area (TPSA) is 30.5 Å². The van der Waals surface area contributed by atoms with Crippen molar-refractivity contribution in [2.75, 3.05) is 19.8 Å². The van der Waals surface area contributed by atoms with Gasteiger partial charge in [-0.25, -0.2) is 0 Å². The molecule has 2 aliphatic rings. The SMILES string of the molecule is CCC1(CC)OC2(CCCOC2)NCC1(C)C. The zero-order valence-electron chi connectivity index (χ0n) is 11.8. The van der Waals surface area contributed by atoms with E-state index in [9.17, 15) is 0 Å². The third-order valence-electron chi connectivity index (χ3n) is 4.82. The van der Waals surface area contributed by atoms with Gasteiger partial charge >= 0.3 is 0 Å². The molecule has 0 aromatic heterocycles. The van der Waals surface area contributed by atoms with E-state index in [4.69, 9.17) is 9.47 Å². The Hall–Kier alpha value is -0.120. The molecule has 1 unspecified atom stereocenters. The van der Waals surface area contributed by atoms with Crippen LogP contribution in [0.5, 0.6) is 0 Å². The Labute approximate surface area is 105 Å². The van der Waals surface area contributed by atoms with Crippen molar-refractivity contribution in [3.05, 3.63) is 0 Å². The molecule has 2 rings (SSSR count). The fraction of sp³-hybridized carbons (Fsp3) is 1.00. The van der Waals surface area contributed by atoms with Gasteiger partial charge in [-0.15, -0.1) is 0 Å². The van der Waals surface area contributed by atoms with Crippen LogP contribution in [0.2, 0.25) is 0 Å². The van der Waals surface area contributed by atoms with Crippen LogP contribution in [0, 0.1) is 5.41 Å². The molecule has 17 heavy (non-hydrogen) atoms. The summed E-state index contributed by atoms with van der Waals surface area (Å²) < 4.78 is 12.2. The number of rotatable bonds is 2. The summed E-state index contributed by atoms with van der Waals surface area (Å²) in [6.07, 6.45) is 4.31. The van der Waals surface area contributed by atoms with Crippen molar-refractivity contribution in [2.45, 2.75) is 64.7 Å². The molecule has 2 aliphatic heterocycles. The quantitative estimate of drug-likeness (QED) is 0.806. The predicted octanol–water partition coefficient (Wildman–Crippen LogP) is 2.70. The van der Waals surface area contributed by atoms with Gasteiger partial charge in [0.15, 0.2) is 0 Å². The molecule has 1 spiro atoms. The van der Waals surface area contributed by atoms with Crippen LogP contribution >= 0.6 is 0 Å². The lowest BCUT2D eigenvalue weighted by molar-refractivity contribution is -0.280. The van der Waals surface area contributed by atoms with Crippen LogP contribution in [0.15, 0.2) is 0 Å². The zero-order chi connectivity index (χ0) is 12.6. The van der Waals surface area contributed by atoms with Crippen LogP contribution in [-0.2, 0) is 9.47 Å². The molecule has 1 N–H and O–H groups in total. The minimum Gasteiger partial charge on any atom is -0.377 e. The average Bonchev–Trinajstić information content (AvgIpc) is 2.34. The van der Waals surface area contributed by atoms with E-state index in [-0.39, 0.29) is 16.7 Å². The van der Waals surface area contributed by atoms with E-state index in [2.05, 4.69) is 33.0 Å². The van der Waals surface area contributed by atoms with E-state index >= 15 is 0 Å². The van der Waals surface area contributed by atoms with Gasteiger partial charge in [-0.2, -0.15) is 0 Å². The largest absolute Gasteiger partial charge is 0.377 e. The Balaban J connectivity index is 2.22. The second-order valence-electron chi connectivity index (χ2n) is 6.19. The van der Waals surface area contributed by atoms with Crippen molar-refractivity contribution in [1.82, 2.24) is 5.32 Å². The van der Waals surface area contributed by atoms with Gasteiger partial charge in [0.05, 0.1) is 12.2 Å². The van der Waals surface area contributed by atoms with E-state index in [0.717, 1.165) is 38.8 Å². The third-order valence-corrected chi connectivity index (χ3v) is 4.82. The van der Waals surface area contributed by atoms with Gasteiger partial charge in [-0.05, 0) is 25.7 Å². The fourth-order valence-electron chi connectivity index (χ4n) is 3.43. The maximum absolute atomic E-state index is 6.58. The summed E-state index contributed by atoms with van der Waals surface area (Å²) in [6.45, 7) is 11.7. The fourth-order valence-corrected chi connectivity index (χ4v) is 3.43. The molecule has 0 aliphatic carbocycles. The minimum atomic E-state index is -0.222. The van der Waals surface area contributed by atoms with Gasteiger partial charge in [0.25, 0.3) is 0 Å². The molecule has 2 saturated heterocycles. The van der Waals surface area contributed by atoms with Gasteiger partial charge < -0.3 is 9.47 Å². The molecule has 3 nitrogen and oxygen atoms in total. The highest BCUT2D eigenvalue weighted by Gasteiger charge is 2.53. The van der Waals surface area contributed by atoms with E-state index in [0.29, 0.717) is 6.61 Å². The number of ether oxygens (including phenoxy) is 2. The monoisotopic (exact) mass is 241 g/mol. The van der Waals surface area contributed by atoms with Crippen molar-refractivity contribution >= 4 is 0 Å². The minimum absolute atomic E-state index is 0.0149. The summed E-state index contributed by atoms with van der Waals surface area (Å²) in [7, 11) is 0. The maximum Gasteiger partial charge on any atom is 0.143 e. The van der Waals surface area contributed by atoms with Gasteiger partial charge in [-0.1, -0.05) is 27.7 Å². The van der Waals surface area contributed by atoms with Gasteiger partial charge in [0.1, 0.15) is 5.72 Å². The second kappa shape index (κ2) is 4.52. The first kappa shape index (κ1) is 13.3. The lowest BCUT2D eigenvalue weighted by Gasteiger charge is -2.57. The number of nitrogens with one attached hydrogen (secondary N) is 1. The molecule has 0 amide bonds. The molecule has 100 valence electrons. The first-order valence-corrected chi connectivity index (χ1v) is 7.02. The van der Waals surface area contributed by atoms with Crippen molar-refractivity contribution in [2.24, 2.45) is 5.41 Å². The van der Waals surface area contributed by atoms with E-state index < -0.39 is 0 Å². The van der Waals surface area contributed by atoms with Gasteiger partial charge in [0, 0.05) is 18.6 Å². The predicted molar refractivity (Wildman–Crippen MR) is 69.0 cm³/mol. The smallest absolute Gasteiger partial charge is 0.143 e. The number of hydrogen-bond donors (Lipinski definition) is 1. The number of hydrogen-bond acceptors (Lipinski definition) is 3. The molecule has 0 aromatic carbocycles. The molecular formula is C14H27NO2. The van der Waals surface area contributed by atoms with Crippen molar-refractivity contribution in [3.63, 3.8) is 0 Å². The summed E-state index contributed by atoms with van der Waals surface area (Å²) in [4.78, 5) is 0. The molecular weight excluding hydrogens is 214 g/mol. The summed E-state index contributed by atoms with van der Waals surface area (Å²) in [5, 5.41) is 3.60. The van der Waals surface area contributed by atoms with Crippen LogP contribution in [-0.4, -0.2) is 31.1 Å². The lowest BCUT2D eigenvalue weighted by atomic mass is 9.69. The summed E-state index contributed by atoms with van der Waals surface area (Å²) in [5.74, 6) is 0. The van der Waals surface area contributed by atoms with Crippen molar-refractivity contribution in [1.29, 1.82) is 0 Å². The normalized spacial score (nSPS) is 36.0. The van der Waals surface area contributed by atoms with E-state index in [1.165, 1.54) is 0 Å². The lowest BCUT2D eigenvalue weighted by Crippen LogP contribution is -2.69. The molecule has 0 saturated carbocycles. The van der Waals surface area contributed by atoms with Crippen molar-refractivity contribution in [3.8, 4) is 0 Å². The summed E-state index contributed by atoms with van der Waals surface area (Å²) in [6, 6.07) is 0. The van der Waals surface area contributed by atoms with Gasteiger partial charge in [-0.3, -0.25) is 5.32 Å². The maximum atomic E-state index is 6.58.